The lowest BCUT2D eigenvalue weighted by Gasteiger charge is -2.24. The Morgan fingerprint density at radius 1 is 1.11 bits per heavy atom. The number of hydrogen-bond donors (Lipinski definition) is 1. The fraction of sp³-hybridized carbons (Fsp3) is 0.381. The van der Waals surface area contributed by atoms with Gasteiger partial charge in [0.1, 0.15) is 11.8 Å². The lowest BCUT2D eigenvalue weighted by molar-refractivity contribution is -0.119. The number of benzene rings is 2. The van der Waals surface area contributed by atoms with Gasteiger partial charge in [-0.05, 0) is 68.5 Å². The molecule has 28 heavy (non-hydrogen) atoms. The van der Waals surface area contributed by atoms with E-state index in [2.05, 4.69) is 5.32 Å². The highest BCUT2D eigenvalue weighted by molar-refractivity contribution is 7.89. The van der Waals surface area contributed by atoms with Crippen LogP contribution in [0.1, 0.15) is 29.5 Å². The van der Waals surface area contributed by atoms with Gasteiger partial charge in [-0.3, -0.25) is 4.79 Å². The van der Waals surface area contributed by atoms with E-state index >= 15 is 0 Å². The predicted octanol–water partition coefficient (Wildman–Crippen LogP) is 3.41. The van der Waals surface area contributed by atoms with Gasteiger partial charge < -0.3 is 10.1 Å². The molecule has 2 aromatic carbocycles. The van der Waals surface area contributed by atoms with Crippen LogP contribution in [0.2, 0.25) is 0 Å². The normalized spacial score (nSPS) is 17.5. The second-order valence-corrected chi connectivity index (χ2v) is 9.13. The first-order chi connectivity index (χ1) is 13.2. The summed E-state index contributed by atoms with van der Waals surface area (Å²) in [5.74, 6) is 0.172. The summed E-state index contributed by atoms with van der Waals surface area (Å²) >= 11 is 0. The van der Waals surface area contributed by atoms with Crippen molar-refractivity contribution in [2.24, 2.45) is 0 Å². The molecule has 0 aliphatic carbocycles. The number of sulfonamides is 1. The minimum Gasteiger partial charge on any atom is -0.497 e. The van der Waals surface area contributed by atoms with Crippen molar-refractivity contribution < 1.29 is 17.9 Å². The van der Waals surface area contributed by atoms with E-state index in [9.17, 15) is 13.2 Å². The van der Waals surface area contributed by atoms with Crippen LogP contribution < -0.4 is 10.1 Å². The van der Waals surface area contributed by atoms with Gasteiger partial charge in [-0.15, -0.1) is 0 Å². The van der Waals surface area contributed by atoms with Crippen molar-refractivity contribution in [3.05, 3.63) is 53.1 Å². The van der Waals surface area contributed by atoms with Gasteiger partial charge in [-0.2, -0.15) is 4.31 Å². The smallest absolute Gasteiger partial charge is 0.244 e. The first kappa shape index (κ1) is 20.4. The number of ether oxygens (including phenoxy) is 1. The van der Waals surface area contributed by atoms with Crippen LogP contribution in [-0.4, -0.2) is 38.3 Å². The zero-order valence-electron chi connectivity index (χ0n) is 16.7. The Labute approximate surface area is 166 Å². The molecule has 2 aromatic rings. The minimum atomic E-state index is -3.81. The van der Waals surface area contributed by atoms with Gasteiger partial charge in [0.05, 0.1) is 12.0 Å². The van der Waals surface area contributed by atoms with Crippen molar-refractivity contribution >= 4 is 21.6 Å². The number of rotatable bonds is 5. The molecule has 0 aromatic heterocycles. The summed E-state index contributed by atoms with van der Waals surface area (Å²) in [7, 11) is -2.32. The van der Waals surface area contributed by atoms with Crippen molar-refractivity contribution in [2.45, 2.75) is 44.6 Å². The number of carbonyl (C=O) groups excluding carboxylic acids is 1. The van der Waals surface area contributed by atoms with Gasteiger partial charge >= 0.3 is 0 Å². The summed E-state index contributed by atoms with van der Waals surface area (Å²) in [4.78, 5) is 13.1. The molecular weight excluding hydrogens is 376 g/mol. The summed E-state index contributed by atoms with van der Waals surface area (Å²) in [6.45, 7) is 5.98. The molecule has 1 aliphatic rings. The van der Waals surface area contributed by atoms with E-state index in [1.165, 1.54) is 17.5 Å². The summed E-state index contributed by atoms with van der Waals surface area (Å²) in [5, 5.41) is 2.89. The molecule has 1 saturated heterocycles. The number of hydrogen-bond acceptors (Lipinski definition) is 4. The van der Waals surface area contributed by atoms with Crippen LogP contribution in [-0.2, 0) is 14.8 Å². The number of anilines is 1. The van der Waals surface area contributed by atoms with Crippen LogP contribution in [0.15, 0.2) is 41.3 Å². The first-order valence-corrected chi connectivity index (χ1v) is 10.7. The third kappa shape index (κ3) is 4.05. The van der Waals surface area contributed by atoms with E-state index in [1.807, 2.05) is 32.0 Å². The first-order valence-electron chi connectivity index (χ1n) is 9.28. The van der Waals surface area contributed by atoms with Gasteiger partial charge in [-0.25, -0.2) is 8.42 Å². The molecule has 1 heterocycles. The third-order valence-electron chi connectivity index (χ3n) is 4.98. The molecule has 1 aliphatic heterocycles. The highest BCUT2D eigenvalue weighted by Crippen LogP contribution is 2.30. The average Bonchev–Trinajstić information content (AvgIpc) is 3.12. The monoisotopic (exact) mass is 402 g/mol. The highest BCUT2D eigenvalue weighted by atomic mass is 32.2. The Morgan fingerprint density at radius 2 is 1.79 bits per heavy atom. The molecule has 0 radical (unpaired) electrons. The maximum Gasteiger partial charge on any atom is 0.244 e. The fourth-order valence-electron chi connectivity index (χ4n) is 3.67. The summed E-state index contributed by atoms with van der Waals surface area (Å²) in [6, 6.07) is 10.0. The lowest BCUT2D eigenvalue weighted by Crippen LogP contribution is -2.43. The standard InChI is InChI=1S/C21H26N2O4S/c1-14-10-15(2)12-17(11-14)22-21(24)19-6-5-9-23(19)28(25,26)20-13-18(27-4)8-7-16(20)3/h7-8,10-13,19H,5-6,9H2,1-4H3,(H,22,24)/t19-/m0/s1. The lowest BCUT2D eigenvalue weighted by atomic mass is 10.1. The van der Waals surface area contributed by atoms with Crippen LogP contribution in [0.4, 0.5) is 5.69 Å². The number of methoxy groups -OCH3 is 1. The van der Waals surface area contributed by atoms with Crippen LogP contribution >= 0.6 is 0 Å². The summed E-state index contributed by atoms with van der Waals surface area (Å²) < 4.78 is 33.1. The van der Waals surface area contributed by atoms with Crippen LogP contribution in [0, 0.1) is 20.8 Å². The molecule has 0 spiro atoms. The maximum atomic E-state index is 13.3. The van der Waals surface area contributed by atoms with E-state index in [1.54, 1.807) is 19.1 Å². The van der Waals surface area contributed by atoms with Crippen molar-refractivity contribution in [1.29, 1.82) is 0 Å². The van der Waals surface area contributed by atoms with E-state index in [0.717, 1.165) is 11.1 Å². The van der Waals surface area contributed by atoms with Gasteiger partial charge in [-0.1, -0.05) is 12.1 Å². The molecule has 1 amide bonds. The van der Waals surface area contributed by atoms with E-state index < -0.39 is 16.1 Å². The summed E-state index contributed by atoms with van der Waals surface area (Å²) in [5.41, 5.74) is 3.39. The molecule has 6 nitrogen and oxygen atoms in total. The second-order valence-electron chi connectivity index (χ2n) is 7.27. The van der Waals surface area contributed by atoms with Crippen molar-refractivity contribution in [1.82, 2.24) is 4.31 Å². The van der Waals surface area contributed by atoms with Gasteiger partial charge in [0.2, 0.25) is 15.9 Å². The number of amides is 1. The number of carbonyl (C=O) groups is 1. The minimum absolute atomic E-state index is 0.179. The van der Waals surface area contributed by atoms with Gasteiger partial charge in [0.25, 0.3) is 0 Å². The molecule has 7 heteroatoms. The molecule has 1 N–H and O–H groups in total. The van der Waals surface area contributed by atoms with Gasteiger partial charge in [0, 0.05) is 18.3 Å². The Bertz CT molecular complexity index is 981. The van der Waals surface area contributed by atoms with Crippen LogP contribution in [0.25, 0.3) is 0 Å². The van der Waals surface area contributed by atoms with Crippen LogP contribution in [0.5, 0.6) is 5.75 Å². The predicted molar refractivity (Wildman–Crippen MR) is 109 cm³/mol. The van der Waals surface area contributed by atoms with Crippen molar-refractivity contribution in [3.8, 4) is 5.75 Å². The molecule has 1 fully saturated rings. The van der Waals surface area contributed by atoms with Crippen molar-refractivity contribution in [3.63, 3.8) is 0 Å². The highest BCUT2D eigenvalue weighted by Gasteiger charge is 2.40. The molecule has 0 bridgehead atoms. The number of nitrogens with one attached hydrogen (secondary N) is 1. The molecule has 1 atom stereocenters. The van der Waals surface area contributed by atoms with Gasteiger partial charge in [0.15, 0.2) is 0 Å². The molecule has 0 unspecified atom stereocenters. The maximum absolute atomic E-state index is 13.3. The quantitative estimate of drug-likeness (QED) is 0.832. The zero-order valence-corrected chi connectivity index (χ0v) is 17.5. The second kappa shape index (κ2) is 7.93. The average molecular weight is 403 g/mol. The molecular formula is C21H26N2O4S. The van der Waals surface area contributed by atoms with Crippen molar-refractivity contribution in [2.75, 3.05) is 19.0 Å². The Balaban J connectivity index is 1.88. The fourth-order valence-corrected chi connectivity index (χ4v) is 5.57. The Kier molecular flexibility index (Phi) is 5.76. The Hall–Kier alpha value is -2.38. The molecule has 150 valence electrons. The topological polar surface area (TPSA) is 75.7 Å². The van der Waals surface area contributed by atoms with E-state index in [-0.39, 0.29) is 10.8 Å². The largest absolute Gasteiger partial charge is 0.497 e. The third-order valence-corrected chi connectivity index (χ3v) is 7.03. The molecule has 3 rings (SSSR count). The number of nitrogens with zero attached hydrogens (tertiary/aromatic N) is 1. The SMILES string of the molecule is COc1ccc(C)c(S(=O)(=O)N2CCC[C@H]2C(=O)Nc2cc(C)cc(C)c2)c1. The van der Waals surface area contributed by atoms with E-state index in [4.69, 9.17) is 4.74 Å². The zero-order chi connectivity index (χ0) is 20.5. The van der Waals surface area contributed by atoms with Crippen LogP contribution in [0.3, 0.4) is 0 Å². The summed E-state index contributed by atoms with van der Waals surface area (Å²) in [6.07, 6.45) is 1.14. The van der Waals surface area contributed by atoms with E-state index in [0.29, 0.717) is 36.4 Å². The molecule has 0 saturated carbocycles. The Morgan fingerprint density at radius 3 is 2.43 bits per heavy atom. The number of aryl methyl sites for hydroxylation is 3.